The molecule has 0 atom stereocenters. The third kappa shape index (κ3) is 3.99. The van der Waals surface area contributed by atoms with Crippen molar-refractivity contribution < 1.29 is 0 Å². The minimum atomic E-state index is 0. The molecular formula is C11H19ClN2. The lowest BCUT2D eigenvalue weighted by molar-refractivity contribution is 0.296. The molecule has 0 amide bonds. The van der Waals surface area contributed by atoms with Crippen LogP contribution in [0.3, 0.4) is 0 Å². The van der Waals surface area contributed by atoms with Gasteiger partial charge in [0.05, 0.1) is 0 Å². The van der Waals surface area contributed by atoms with Crippen LogP contribution in [0.5, 0.6) is 0 Å². The predicted molar refractivity (Wildman–Crippen MR) is 64.7 cm³/mol. The Hall–Kier alpha value is -0.730. The molecule has 14 heavy (non-hydrogen) atoms. The molecule has 0 heterocycles. The zero-order chi connectivity index (χ0) is 9.68. The quantitative estimate of drug-likeness (QED) is 0.781. The average molecular weight is 215 g/mol. The number of nitrogen functional groups attached to an aromatic ring is 1. The molecule has 0 saturated heterocycles. The van der Waals surface area contributed by atoms with E-state index in [1.807, 2.05) is 18.2 Å². The topological polar surface area (TPSA) is 29.3 Å². The molecule has 0 bridgehead atoms. The maximum atomic E-state index is 5.70. The number of nitrogens with two attached hydrogens (primary N) is 1. The van der Waals surface area contributed by atoms with E-state index in [4.69, 9.17) is 5.73 Å². The van der Waals surface area contributed by atoms with Crippen LogP contribution >= 0.6 is 12.4 Å². The summed E-state index contributed by atoms with van der Waals surface area (Å²) in [6.07, 6.45) is 0. The third-order valence-electron chi connectivity index (χ3n) is 2.25. The fourth-order valence-electron chi connectivity index (χ4n) is 1.40. The third-order valence-corrected chi connectivity index (χ3v) is 2.25. The van der Waals surface area contributed by atoms with Gasteiger partial charge in [-0.15, -0.1) is 12.4 Å². The van der Waals surface area contributed by atoms with E-state index in [1.54, 1.807) is 0 Å². The van der Waals surface area contributed by atoms with E-state index in [9.17, 15) is 0 Å². The van der Waals surface area contributed by atoms with Gasteiger partial charge < -0.3 is 5.73 Å². The molecule has 0 radical (unpaired) electrons. The number of hydrogen-bond acceptors (Lipinski definition) is 2. The molecule has 0 unspecified atom stereocenters. The van der Waals surface area contributed by atoms with E-state index in [0.29, 0.717) is 0 Å². The summed E-state index contributed by atoms with van der Waals surface area (Å²) >= 11 is 0. The first-order valence-corrected chi connectivity index (χ1v) is 4.83. The Morgan fingerprint density at radius 3 is 2.36 bits per heavy atom. The highest BCUT2D eigenvalue weighted by Gasteiger charge is 2.00. The number of hydrogen-bond donors (Lipinski definition) is 1. The monoisotopic (exact) mass is 214 g/mol. The Labute approximate surface area is 92.5 Å². The molecule has 1 rings (SSSR count). The van der Waals surface area contributed by atoms with E-state index in [0.717, 1.165) is 25.3 Å². The molecule has 2 nitrogen and oxygen atoms in total. The standard InChI is InChI=1S/C11H18N2.ClH/c1-3-13(4-2)9-10-6-5-7-11(12)8-10;/h5-8H,3-4,9,12H2,1-2H3;1H. The van der Waals surface area contributed by atoms with Gasteiger partial charge >= 0.3 is 0 Å². The van der Waals surface area contributed by atoms with Gasteiger partial charge in [0, 0.05) is 12.2 Å². The zero-order valence-electron chi connectivity index (χ0n) is 8.86. The highest BCUT2D eigenvalue weighted by atomic mass is 35.5. The second kappa shape index (κ2) is 6.68. The van der Waals surface area contributed by atoms with Crippen molar-refractivity contribution in [3.05, 3.63) is 29.8 Å². The summed E-state index contributed by atoms with van der Waals surface area (Å²) in [6.45, 7) is 7.53. The van der Waals surface area contributed by atoms with Gasteiger partial charge in [0.15, 0.2) is 0 Å². The Morgan fingerprint density at radius 1 is 1.21 bits per heavy atom. The maximum Gasteiger partial charge on any atom is 0.0317 e. The summed E-state index contributed by atoms with van der Waals surface area (Å²) in [6, 6.07) is 8.09. The van der Waals surface area contributed by atoms with Gasteiger partial charge in [0.1, 0.15) is 0 Å². The van der Waals surface area contributed by atoms with Crippen molar-refractivity contribution in [3.63, 3.8) is 0 Å². The van der Waals surface area contributed by atoms with Crippen molar-refractivity contribution in [2.75, 3.05) is 18.8 Å². The first-order valence-electron chi connectivity index (χ1n) is 4.83. The largest absolute Gasteiger partial charge is 0.399 e. The summed E-state index contributed by atoms with van der Waals surface area (Å²) in [4.78, 5) is 2.37. The molecule has 0 fully saturated rings. The van der Waals surface area contributed by atoms with E-state index < -0.39 is 0 Å². The minimum Gasteiger partial charge on any atom is -0.399 e. The van der Waals surface area contributed by atoms with Crippen LogP contribution in [0.1, 0.15) is 19.4 Å². The summed E-state index contributed by atoms with van der Waals surface area (Å²) in [5, 5.41) is 0. The molecule has 0 spiro atoms. The number of rotatable bonds is 4. The van der Waals surface area contributed by atoms with Crippen LogP contribution in [-0.4, -0.2) is 18.0 Å². The smallest absolute Gasteiger partial charge is 0.0317 e. The average Bonchev–Trinajstić information content (AvgIpc) is 2.14. The van der Waals surface area contributed by atoms with Crippen molar-refractivity contribution in [2.24, 2.45) is 0 Å². The minimum absolute atomic E-state index is 0. The molecule has 0 saturated carbocycles. The van der Waals surface area contributed by atoms with Crippen molar-refractivity contribution in [1.82, 2.24) is 4.90 Å². The van der Waals surface area contributed by atoms with Gasteiger partial charge in [0.2, 0.25) is 0 Å². The summed E-state index contributed by atoms with van der Waals surface area (Å²) in [7, 11) is 0. The number of benzene rings is 1. The Kier molecular flexibility index (Phi) is 6.34. The molecule has 3 heteroatoms. The van der Waals surface area contributed by atoms with Crippen LogP contribution in [-0.2, 0) is 6.54 Å². The summed E-state index contributed by atoms with van der Waals surface area (Å²) in [5.74, 6) is 0. The summed E-state index contributed by atoms with van der Waals surface area (Å²) in [5.41, 5.74) is 7.85. The van der Waals surface area contributed by atoms with Crippen molar-refractivity contribution >= 4 is 18.1 Å². The fourth-order valence-corrected chi connectivity index (χ4v) is 1.40. The molecule has 0 aliphatic rings. The van der Waals surface area contributed by atoms with Crippen LogP contribution in [0.25, 0.3) is 0 Å². The van der Waals surface area contributed by atoms with Crippen LogP contribution in [0.15, 0.2) is 24.3 Å². The maximum absolute atomic E-state index is 5.70. The van der Waals surface area contributed by atoms with Crippen molar-refractivity contribution in [2.45, 2.75) is 20.4 Å². The first-order chi connectivity index (χ1) is 6.26. The molecule has 0 aliphatic carbocycles. The van der Waals surface area contributed by atoms with Crippen molar-refractivity contribution in [1.29, 1.82) is 0 Å². The second-order valence-electron chi connectivity index (χ2n) is 3.21. The van der Waals surface area contributed by atoms with Gasteiger partial charge in [-0.3, -0.25) is 4.90 Å². The van der Waals surface area contributed by atoms with Crippen LogP contribution in [0.2, 0.25) is 0 Å². The predicted octanol–water partition coefficient (Wildman–Crippen LogP) is 2.53. The van der Waals surface area contributed by atoms with Crippen LogP contribution in [0, 0.1) is 0 Å². The van der Waals surface area contributed by atoms with Crippen molar-refractivity contribution in [3.8, 4) is 0 Å². The molecule has 80 valence electrons. The van der Waals surface area contributed by atoms with E-state index >= 15 is 0 Å². The molecule has 0 aromatic heterocycles. The van der Waals surface area contributed by atoms with Gasteiger partial charge in [-0.2, -0.15) is 0 Å². The number of nitrogens with zero attached hydrogens (tertiary/aromatic N) is 1. The molecule has 2 N–H and O–H groups in total. The highest BCUT2D eigenvalue weighted by molar-refractivity contribution is 5.85. The number of anilines is 1. The highest BCUT2D eigenvalue weighted by Crippen LogP contribution is 2.08. The SMILES string of the molecule is CCN(CC)Cc1cccc(N)c1.Cl. The van der Waals surface area contributed by atoms with Gasteiger partial charge in [-0.1, -0.05) is 26.0 Å². The van der Waals surface area contributed by atoms with Gasteiger partial charge in [-0.25, -0.2) is 0 Å². The Balaban J connectivity index is 0.00000169. The lowest BCUT2D eigenvalue weighted by Gasteiger charge is -2.17. The van der Waals surface area contributed by atoms with Gasteiger partial charge in [-0.05, 0) is 30.8 Å². The second-order valence-corrected chi connectivity index (χ2v) is 3.21. The fraction of sp³-hybridized carbons (Fsp3) is 0.455. The first kappa shape index (κ1) is 13.3. The lowest BCUT2D eigenvalue weighted by Crippen LogP contribution is -2.22. The molecule has 0 aliphatic heterocycles. The Morgan fingerprint density at radius 2 is 1.86 bits per heavy atom. The molecular weight excluding hydrogens is 196 g/mol. The van der Waals surface area contributed by atoms with Crippen LogP contribution in [0.4, 0.5) is 5.69 Å². The van der Waals surface area contributed by atoms with E-state index in [-0.39, 0.29) is 12.4 Å². The van der Waals surface area contributed by atoms with Gasteiger partial charge in [0.25, 0.3) is 0 Å². The van der Waals surface area contributed by atoms with E-state index in [2.05, 4.69) is 24.8 Å². The number of halogens is 1. The lowest BCUT2D eigenvalue weighted by atomic mass is 10.2. The zero-order valence-corrected chi connectivity index (χ0v) is 9.68. The Bertz CT molecular complexity index is 259. The van der Waals surface area contributed by atoms with E-state index in [1.165, 1.54) is 5.56 Å². The molecule has 1 aromatic rings. The molecule has 1 aromatic carbocycles. The summed E-state index contributed by atoms with van der Waals surface area (Å²) < 4.78 is 0. The van der Waals surface area contributed by atoms with Crippen LogP contribution < -0.4 is 5.73 Å². The normalized spacial score (nSPS) is 9.93.